The number of ether oxygens (including phenoxy) is 2. The number of carbonyl (C=O) groups excluding carboxylic acids is 2. The number of halogens is 1. The van der Waals surface area contributed by atoms with Crippen LogP contribution in [-0.2, 0) is 14.5 Å². The van der Waals surface area contributed by atoms with Gasteiger partial charge in [-0.1, -0.05) is 18.2 Å². The van der Waals surface area contributed by atoms with Crippen LogP contribution in [0.4, 0.5) is 20.6 Å². The van der Waals surface area contributed by atoms with Crippen LogP contribution in [0.25, 0.3) is 11.1 Å². The number of rotatable bonds is 7. The van der Waals surface area contributed by atoms with Crippen molar-refractivity contribution in [2.45, 2.75) is 36.2 Å². The quantitative estimate of drug-likeness (QED) is 0.218. The lowest BCUT2D eigenvalue weighted by Gasteiger charge is -2.21. The predicted octanol–water partition coefficient (Wildman–Crippen LogP) is 6.96. The Hall–Kier alpha value is -4.77. The molecule has 0 spiro atoms. The molecule has 0 bridgehead atoms. The summed E-state index contributed by atoms with van der Waals surface area (Å²) in [5.41, 5.74) is 1.44. The molecule has 3 aromatic carbocycles. The first-order chi connectivity index (χ1) is 19.4. The van der Waals surface area contributed by atoms with E-state index >= 15 is 0 Å². The van der Waals surface area contributed by atoms with Crippen LogP contribution in [0.15, 0.2) is 94.9 Å². The zero-order valence-electron chi connectivity index (χ0n) is 22.9. The molecule has 3 N–H and O–H groups in total. The number of pyridine rings is 1. The van der Waals surface area contributed by atoms with Gasteiger partial charge in [0.15, 0.2) is 0 Å². The van der Waals surface area contributed by atoms with E-state index in [1.165, 1.54) is 61.8 Å². The normalized spacial score (nSPS) is 12.6. The van der Waals surface area contributed by atoms with E-state index in [1.807, 2.05) is 0 Å². The van der Waals surface area contributed by atoms with E-state index in [-0.39, 0.29) is 32.5 Å². The van der Waals surface area contributed by atoms with E-state index in [4.69, 9.17) is 14.3 Å². The molecule has 1 aromatic heterocycles. The van der Waals surface area contributed by atoms with Gasteiger partial charge >= 0.3 is 6.09 Å². The maximum absolute atomic E-state index is 13.5. The number of aromatic nitrogens is 1. The largest absolute Gasteiger partial charge is 0.481 e. The molecule has 4 aromatic rings. The van der Waals surface area contributed by atoms with E-state index in [2.05, 4.69) is 15.6 Å². The molecule has 1 unspecified atom stereocenters. The van der Waals surface area contributed by atoms with Crippen molar-refractivity contribution in [2.75, 3.05) is 17.7 Å². The molecule has 1 heterocycles. The maximum Gasteiger partial charge on any atom is 0.412 e. The van der Waals surface area contributed by atoms with Crippen molar-refractivity contribution in [1.82, 2.24) is 4.98 Å². The highest BCUT2D eigenvalue weighted by atomic mass is 32.2. The van der Waals surface area contributed by atoms with Gasteiger partial charge in [0.05, 0.1) is 28.3 Å². The highest BCUT2D eigenvalue weighted by Crippen LogP contribution is 2.31. The van der Waals surface area contributed by atoms with E-state index in [1.54, 1.807) is 51.1 Å². The highest BCUT2D eigenvalue weighted by molar-refractivity contribution is 7.92. The van der Waals surface area contributed by atoms with Crippen LogP contribution in [-0.4, -0.2) is 33.9 Å². The Morgan fingerprint density at radius 2 is 1.49 bits per heavy atom. The van der Waals surface area contributed by atoms with Gasteiger partial charge in [0.2, 0.25) is 5.88 Å². The summed E-state index contributed by atoms with van der Waals surface area (Å²) < 4.78 is 45.5. The Labute approximate surface area is 237 Å². The maximum atomic E-state index is 13.5. The third-order valence-electron chi connectivity index (χ3n) is 5.78. The predicted molar refractivity (Wildman–Crippen MR) is 154 cm³/mol. The van der Waals surface area contributed by atoms with Crippen molar-refractivity contribution in [3.05, 3.63) is 96.4 Å². The van der Waals surface area contributed by atoms with Crippen LogP contribution in [0.5, 0.6) is 5.88 Å². The summed E-state index contributed by atoms with van der Waals surface area (Å²) >= 11 is 0. The van der Waals surface area contributed by atoms with Crippen LogP contribution < -0.4 is 15.4 Å². The molecule has 41 heavy (non-hydrogen) atoms. The number of carbonyl (C=O) groups is 2. The molecule has 0 aliphatic heterocycles. The van der Waals surface area contributed by atoms with Crippen LogP contribution in [0, 0.1) is 10.6 Å². The fourth-order valence-corrected chi connectivity index (χ4v) is 5.03. The molecule has 0 saturated carbocycles. The van der Waals surface area contributed by atoms with E-state index in [0.717, 1.165) is 0 Å². The van der Waals surface area contributed by atoms with Crippen LogP contribution in [0.3, 0.4) is 0 Å². The molecule has 0 radical (unpaired) electrons. The standard InChI is InChI=1S/C30H29FN4O5S/c1-30(2,3)40-29(37)35-25-15-9-21(19-5-10-22(31)11-6-19)17-26(25)34-28(36)20-7-12-23(13-8-20)41(32,38)24-14-16-27(39-4)33-18-24/h5-18,32H,1-4H3,(H,34,36)(H,35,37). The summed E-state index contributed by atoms with van der Waals surface area (Å²) in [5.74, 6) is -0.559. The van der Waals surface area contributed by atoms with Crippen LogP contribution >= 0.6 is 0 Å². The molecule has 0 saturated heterocycles. The minimum atomic E-state index is -3.38. The van der Waals surface area contributed by atoms with Gasteiger partial charge in [0, 0.05) is 17.8 Å². The van der Waals surface area contributed by atoms with Gasteiger partial charge in [0.1, 0.15) is 21.1 Å². The van der Waals surface area contributed by atoms with E-state index in [9.17, 15) is 18.2 Å². The van der Waals surface area contributed by atoms with Gasteiger partial charge in [-0.15, -0.1) is 0 Å². The number of methoxy groups -OCH3 is 1. The van der Waals surface area contributed by atoms with Crippen LogP contribution in [0.2, 0.25) is 0 Å². The number of amides is 2. The van der Waals surface area contributed by atoms with Crippen molar-refractivity contribution >= 4 is 33.1 Å². The first-order valence-electron chi connectivity index (χ1n) is 12.5. The lowest BCUT2D eigenvalue weighted by Crippen LogP contribution is -2.27. The van der Waals surface area contributed by atoms with Crippen molar-refractivity contribution in [2.24, 2.45) is 0 Å². The molecule has 0 aliphatic carbocycles. The smallest absolute Gasteiger partial charge is 0.412 e. The number of hydrogen-bond donors (Lipinski definition) is 3. The second-order valence-corrected chi connectivity index (χ2v) is 12.0. The van der Waals surface area contributed by atoms with Gasteiger partial charge in [-0.2, -0.15) is 0 Å². The van der Waals surface area contributed by atoms with Gasteiger partial charge in [-0.25, -0.2) is 23.2 Å². The molecular formula is C30H29FN4O5S. The fourth-order valence-electron chi connectivity index (χ4n) is 3.78. The topological polar surface area (TPSA) is 130 Å². The van der Waals surface area contributed by atoms with Gasteiger partial charge in [0.25, 0.3) is 5.91 Å². The van der Waals surface area contributed by atoms with E-state index in [0.29, 0.717) is 17.0 Å². The Kier molecular flexibility index (Phi) is 8.39. The number of anilines is 2. The zero-order valence-corrected chi connectivity index (χ0v) is 23.7. The molecule has 0 aliphatic rings. The summed E-state index contributed by atoms with van der Waals surface area (Å²) in [4.78, 5) is 30.1. The minimum Gasteiger partial charge on any atom is -0.481 e. The molecule has 4 rings (SSSR count). The third kappa shape index (κ3) is 7.25. The second kappa shape index (κ2) is 11.8. The van der Waals surface area contributed by atoms with Crippen molar-refractivity contribution in [3.8, 4) is 17.0 Å². The first-order valence-corrected chi connectivity index (χ1v) is 14.0. The summed E-state index contributed by atoms with van der Waals surface area (Å²) in [7, 11) is -1.92. The number of hydrogen-bond acceptors (Lipinski definition) is 7. The Bertz CT molecular complexity index is 1670. The lowest BCUT2D eigenvalue weighted by atomic mass is 10.0. The summed E-state index contributed by atoms with van der Waals surface area (Å²) in [6.07, 6.45) is 0.618. The molecule has 0 fully saturated rings. The second-order valence-electron chi connectivity index (χ2n) is 9.97. The van der Waals surface area contributed by atoms with Crippen LogP contribution in [0.1, 0.15) is 31.1 Å². The number of nitrogens with zero attached hydrogens (tertiary/aromatic N) is 1. The molecule has 9 nitrogen and oxygen atoms in total. The Balaban J connectivity index is 1.60. The molecule has 2 amide bonds. The highest BCUT2D eigenvalue weighted by Gasteiger charge is 2.20. The summed E-state index contributed by atoms with van der Waals surface area (Å²) in [6, 6.07) is 19.7. The monoisotopic (exact) mass is 576 g/mol. The molecular weight excluding hydrogens is 547 g/mol. The average Bonchev–Trinajstić information content (AvgIpc) is 2.93. The van der Waals surface area contributed by atoms with Crippen molar-refractivity contribution < 1.29 is 27.7 Å². The lowest BCUT2D eigenvalue weighted by molar-refractivity contribution is 0.0635. The van der Waals surface area contributed by atoms with Gasteiger partial charge < -0.3 is 14.8 Å². The number of nitrogens with one attached hydrogen (secondary N) is 3. The SMILES string of the molecule is COc1ccc(S(=N)(=O)c2ccc(C(=O)Nc3cc(-c4ccc(F)cc4)ccc3NC(=O)OC(C)(C)C)cc2)cn1. The molecule has 1 atom stereocenters. The number of benzene rings is 3. The zero-order chi connectivity index (χ0) is 29.8. The minimum absolute atomic E-state index is 0.200. The Morgan fingerprint density at radius 1 is 0.854 bits per heavy atom. The average molecular weight is 577 g/mol. The third-order valence-corrected chi connectivity index (χ3v) is 7.62. The molecule has 212 valence electrons. The summed E-state index contributed by atoms with van der Waals surface area (Å²) in [5, 5.41) is 5.45. The van der Waals surface area contributed by atoms with Crippen molar-refractivity contribution in [1.29, 1.82) is 4.78 Å². The van der Waals surface area contributed by atoms with Gasteiger partial charge in [-0.05, 0) is 86.5 Å². The molecule has 11 heteroatoms. The summed E-state index contributed by atoms with van der Waals surface area (Å²) in [6.45, 7) is 5.20. The Morgan fingerprint density at radius 3 is 2.07 bits per heavy atom. The van der Waals surface area contributed by atoms with E-state index < -0.39 is 27.3 Å². The van der Waals surface area contributed by atoms with Crippen molar-refractivity contribution in [3.63, 3.8) is 0 Å². The fraction of sp³-hybridized carbons (Fsp3) is 0.167. The van der Waals surface area contributed by atoms with Gasteiger partial charge in [-0.3, -0.25) is 10.1 Å². The first kappa shape index (κ1) is 29.2.